The molecular formula is C27H22N4O4S. The molecule has 0 saturated carbocycles. The van der Waals surface area contributed by atoms with E-state index in [9.17, 15) is 13.2 Å². The van der Waals surface area contributed by atoms with Gasteiger partial charge < -0.3 is 9.32 Å². The molecular weight excluding hydrogens is 476 g/mol. The molecule has 9 heteroatoms. The van der Waals surface area contributed by atoms with Crippen molar-refractivity contribution in [2.45, 2.75) is 4.90 Å². The highest BCUT2D eigenvalue weighted by molar-refractivity contribution is 7.89. The molecule has 1 fully saturated rings. The Balaban J connectivity index is 1.32. The molecule has 36 heavy (non-hydrogen) atoms. The van der Waals surface area contributed by atoms with Gasteiger partial charge in [-0.05, 0) is 36.4 Å². The number of hydrogen-bond acceptors (Lipinski definition) is 6. The Labute approximate surface area is 209 Å². The second-order valence-electron chi connectivity index (χ2n) is 8.27. The Morgan fingerprint density at radius 2 is 1.56 bits per heavy atom. The van der Waals surface area contributed by atoms with Gasteiger partial charge >= 0.3 is 0 Å². The molecule has 1 aliphatic rings. The highest BCUT2D eigenvalue weighted by Gasteiger charge is 2.31. The lowest BCUT2D eigenvalue weighted by molar-refractivity contribution is 0.0698. The normalized spacial score (nSPS) is 14.4. The Kier molecular flexibility index (Phi) is 6.38. The van der Waals surface area contributed by atoms with Crippen LogP contribution in [0.1, 0.15) is 15.9 Å². The summed E-state index contributed by atoms with van der Waals surface area (Å²) < 4.78 is 33.4. The Hall–Kier alpha value is -4.26. The van der Waals surface area contributed by atoms with Gasteiger partial charge in [0.2, 0.25) is 15.9 Å². The van der Waals surface area contributed by atoms with Crippen molar-refractivity contribution in [1.29, 1.82) is 5.26 Å². The number of oxazole rings is 1. The molecule has 1 aliphatic heterocycles. The van der Waals surface area contributed by atoms with Gasteiger partial charge in [-0.25, -0.2) is 13.4 Å². The van der Waals surface area contributed by atoms with Gasteiger partial charge in [-0.1, -0.05) is 42.5 Å². The Bertz CT molecular complexity index is 1530. The summed E-state index contributed by atoms with van der Waals surface area (Å²) in [5.41, 5.74) is 2.31. The molecule has 0 bridgehead atoms. The van der Waals surface area contributed by atoms with Crippen LogP contribution in [-0.4, -0.2) is 54.7 Å². The van der Waals surface area contributed by atoms with Gasteiger partial charge in [0.15, 0.2) is 5.76 Å². The van der Waals surface area contributed by atoms with Crippen molar-refractivity contribution < 1.29 is 17.6 Å². The van der Waals surface area contributed by atoms with Gasteiger partial charge in [-0.15, -0.1) is 0 Å². The number of hydrogen-bond donors (Lipinski definition) is 0. The summed E-state index contributed by atoms with van der Waals surface area (Å²) in [5, 5.41) is 8.94. The largest absolute Gasteiger partial charge is 0.436 e. The highest BCUT2D eigenvalue weighted by atomic mass is 32.2. The number of rotatable bonds is 5. The minimum atomic E-state index is -3.71. The summed E-state index contributed by atoms with van der Waals surface area (Å²) in [6.45, 7) is 0.855. The maximum absolute atomic E-state index is 13.4. The van der Waals surface area contributed by atoms with Crippen molar-refractivity contribution in [3.05, 3.63) is 96.2 Å². The van der Waals surface area contributed by atoms with Crippen molar-refractivity contribution >= 4 is 15.9 Å². The third-order valence-corrected chi connectivity index (χ3v) is 8.01. The maximum atomic E-state index is 13.4. The number of piperazine rings is 1. The van der Waals surface area contributed by atoms with Crippen LogP contribution in [0.2, 0.25) is 0 Å². The van der Waals surface area contributed by atoms with E-state index in [1.165, 1.54) is 28.6 Å². The fraction of sp³-hybridized carbons (Fsp3) is 0.148. The fourth-order valence-corrected chi connectivity index (χ4v) is 5.57. The van der Waals surface area contributed by atoms with Gasteiger partial charge in [0.05, 0.1) is 28.3 Å². The summed E-state index contributed by atoms with van der Waals surface area (Å²) in [6, 6.07) is 24.5. The second kappa shape index (κ2) is 9.77. The average molecular weight is 499 g/mol. The van der Waals surface area contributed by atoms with Crippen molar-refractivity contribution in [3.63, 3.8) is 0 Å². The number of sulfonamides is 1. The van der Waals surface area contributed by atoms with Crippen LogP contribution in [0.5, 0.6) is 0 Å². The van der Waals surface area contributed by atoms with E-state index in [1.54, 1.807) is 29.3 Å². The van der Waals surface area contributed by atoms with Gasteiger partial charge in [-0.2, -0.15) is 9.57 Å². The topological polar surface area (TPSA) is 108 Å². The SMILES string of the molecule is N#Cc1ccc(S(=O)(=O)N2CCN(C(=O)c3ccccc3-c3ncc(-c4ccccc4)o3)CC2)cc1. The van der Waals surface area contributed by atoms with Gasteiger partial charge in [0.25, 0.3) is 5.91 Å². The highest BCUT2D eigenvalue weighted by Crippen LogP contribution is 2.29. The van der Waals surface area contributed by atoms with Crippen LogP contribution in [0, 0.1) is 11.3 Å². The number of amides is 1. The number of nitrogens with zero attached hydrogens (tertiary/aromatic N) is 4. The van der Waals surface area contributed by atoms with E-state index in [0.29, 0.717) is 28.3 Å². The zero-order valence-corrected chi connectivity index (χ0v) is 20.1. The minimum absolute atomic E-state index is 0.129. The van der Waals surface area contributed by atoms with Gasteiger partial charge in [0.1, 0.15) is 0 Å². The summed E-state index contributed by atoms with van der Waals surface area (Å²) in [7, 11) is -3.71. The predicted octanol–water partition coefficient (Wildman–Crippen LogP) is 4.03. The molecule has 2 heterocycles. The monoisotopic (exact) mass is 498 g/mol. The summed E-state index contributed by atoms with van der Waals surface area (Å²) >= 11 is 0. The number of benzene rings is 3. The molecule has 0 spiro atoms. The quantitative estimate of drug-likeness (QED) is 0.411. The molecule has 4 aromatic rings. The van der Waals surface area contributed by atoms with E-state index >= 15 is 0 Å². The number of nitriles is 1. The molecule has 3 aromatic carbocycles. The zero-order chi connectivity index (χ0) is 25.1. The number of aromatic nitrogens is 1. The predicted molar refractivity (Wildman–Crippen MR) is 133 cm³/mol. The number of carbonyl (C=O) groups excluding carboxylic acids is 1. The lowest BCUT2D eigenvalue weighted by Crippen LogP contribution is -2.50. The smallest absolute Gasteiger partial charge is 0.254 e. The van der Waals surface area contributed by atoms with Crippen LogP contribution in [-0.2, 0) is 10.0 Å². The van der Waals surface area contributed by atoms with Crippen molar-refractivity contribution in [3.8, 4) is 28.8 Å². The second-order valence-corrected chi connectivity index (χ2v) is 10.2. The summed E-state index contributed by atoms with van der Waals surface area (Å²) in [4.78, 5) is 19.6. The lowest BCUT2D eigenvalue weighted by Gasteiger charge is -2.34. The van der Waals surface area contributed by atoms with E-state index in [4.69, 9.17) is 9.68 Å². The molecule has 0 unspecified atom stereocenters. The van der Waals surface area contributed by atoms with Crippen LogP contribution in [0.15, 0.2) is 94.4 Å². The van der Waals surface area contributed by atoms with Crippen LogP contribution in [0.3, 0.4) is 0 Å². The minimum Gasteiger partial charge on any atom is -0.436 e. The zero-order valence-electron chi connectivity index (χ0n) is 19.2. The van der Waals surface area contributed by atoms with Gasteiger partial charge in [0, 0.05) is 37.3 Å². The third kappa shape index (κ3) is 4.52. The van der Waals surface area contributed by atoms with Gasteiger partial charge in [-0.3, -0.25) is 4.79 Å². The molecule has 0 atom stereocenters. The molecule has 5 rings (SSSR count). The molecule has 8 nitrogen and oxygen atoms in total. The first kappa shape index (κ1) is 23.5. The first-order valence-corrected chi connectivity index (χ1v) is 12.8. The van der Waals surface area contributed by atoms with Crippen LogP contribution >= 0.6 is 0 Å². The Morgan fingerprint density at radius 1 is 0.889 bits per heavy atom. The van der Waals surface area contributed by atoms with E-state index in [-0.39, 0.29) is 37.0 Å². The van der Waals surface area contributed by atoms with Crippen LogP contribution in [0.25, 0.3) is 22.8 Å². The van der Waals surface area contributed by atoms with Crippen LogP contribution in [0.4, 0.5) is 0 Å². The van der Waals surface area contributed by atoms with E-state index in [2.05, 4.69) is 4.98 Å². The first-order chi connectivity index (χ1) is 17.5. The third-order valence-electron chi connectivity index (χ3n) is 6.10. The first-order valence-electron chi connectivity index (χ1n) is 11.4. The lowest BCUT2D eigenvalue weighted by atomic mass is 10.1. The molecule has 0 N–H and O–H groups in total. The van der Waals surface area contributed by atoms with E-state index in [1.807, 2.05) is 42.5 Å². The Morgan fingerprint density at radius 3 is 2.25 bits per heavy atom. The summed E-state index contributed by atoms with van der Waals surface area (Å²) in [5.74, 6) is 0.745. The molecule has 1 aromatic heterocycles. The maximum Gasteiger partial charge on any atom is 0.254 e. The van der Waals surface area contributed by atoms with Crippen LogP contribution < -0.4 is 0 Å². The standard InChI is InChI=1S/C27H22N4O4S/c28-18-20-10-12-22(13-11-20)36(33,34)31-16-14-30(15-17-31)27(32)24-9-5-4-8-23(24)26-29-19-25(35-26)21-6-2-1-3-7-21/h1-13,19H,14-17H2. The van der Waals surface area contributed by atoms with Crippen molar-refractivity contribution in [1.82, 2.24) is 14.2 Å². The molecule has 0 radical (unpaired) electrons. The van der Waals surface area contributed by atoms with E-state index < -0.39 is 10.0 Å². The fourth-order valence-electron chi connectivity index (χ4n) is 4.14. The molecule has 0 aliphatic carbocycles. The molecule has 1 saturated heterocycles. The molecule has 180 valence electrons. The van der Waals surface area contributed by atoms with Crippen molar-refractivity contribution in [2.75, 3.05) is 26.2 Å². The average Bonchev–Trinajstić information content (AvgIpc) is 3.43. The summed E-state index contributed by atoms with van der Waals surface area (Å²) in [6.07, 6.45) is 1.64. The number of carbonyl (C=O) groups is 1. The molecule has 1 amide bonds. The van der Waals surface area contributed by atoms with E-state index in [0.717, 1.165) is 5.56 Å². The van der Waals surface area contributed by atoms with Crippen molar-refractivity contribution in [2.24, 2.45) is 0 Å².